The van der Waals surface area contributed by atoms with Crippen LogP contribution < -0.4 is 5.32 Å². The molecular weight excluding hydrogens is 379 g/mol. The molecule has 1 N–H and O–H groups in total. The van der Waals surface area contributed by atoms with Gasteiger partial charge < -0.3 is 9.73 Å². The van der Waals surface area contributed by atoms with Crippen molar-refractivity contribution < 1.29 is 8.81 Å². The fraction of sp³-hybridized carbons (Fsp3) is 0.154. The summed E-state index contributed by atoms with van der Waals surface area (Å²) in [4.78, 5) is 0. The van der Waals surface area contributed by atoms with Gasteiger partial charge in [0.2, 0.25) is 0 Å². The van der Waals surface area contributed by atoms with Crippen LogP contribution in [0.4, 0.5) is 10.1 Å². The van der Waals surface area contributed by atoms with Crippen molar-refractivity contribution in [2.45, 2.75) is 13.5 Å². The molecule has 1 aromatic carbocycles. The summed E-state index contributed by atoms with van der Waals surface area (Å²) in [5.41, 5.74) is 1.34. The van der Waals surface area contributed by atoms with Crippen molar-refractivity contribution in [2.24, 2.45) is 0 Å². The van der Waals surface area contributed by atoms with E-state index in [1.165, 1.54) is 6.07 Å². The first-order chi connectivity index (χ1) is 9.01. The maximum atomic E-state index is 13.6. The molecule has 3 nitrogen and oxygen atoms in total. The average Bonchev–Trinajstić information content (AvgIpc) is 2.70. The van der Waals surface area contributed by atoms with Crippen molar-refractivity contribution in [2.75, 3.05) is 5.32 Å². The topological polar surface area (TPSA) is 49.0 Å². The van der Waals surface area contributed by atoms with Gasteiger partial charge in [0.05, 0.1) is 22.7 Å². The molecule has 0 radical (unpaired) electrons. The number of benzene rings is 1. The molecule has 0 amide bonds. The number of halogens is 3. The predicted molar refractivity (Wildman–Crippen MR) is 77.3 cm³/mol. The summed E-state index contributed by atoms with van der Waals surface area (Å²) in [7, 11) is 0. The third-order valence-corrected chi connectivity index (χ3v) is 4.33. The van der Waals surface area contributed by atoms with E-state index < -0.39 is 5.82 Å². The molecule has 2 rings (SSSR count). The van der Waals surface area contributed by atoms with E-state index >= 15 is 0 Å². The first-order valence-electron chi connectivity index (χ1n) is 5.39. The minimum atomic E-state index is -0.400. The third kappa shape index (κ3) is 3.17. The molecule has 0 spiro atoms. The van der Waals surface area contributed by atoms with Gasteiger partial charge in [0.1, 0.15) is 11.6 Å². The van der Waals surface area contributed by atoms with Gasteiger partial charge in [0, 0.05) is 11.3 Å². The number of rotatable bonds is 3. The van der Waals surface area contributed by atoms with Crippen LogP contribution in [0, 0.1) is 24.1 Å². The quantitative estimate of drug-likeness (QED) is 0.827. The molecule has 19 heavy (non-hydrogen) atoms. The third-order valence-electron chi connectivity index (χ3n) is 2.62. The van der Waals surface area contributed by atoms with Gasteiger partial charge in [-0.1, -0.05) is 0 Å². The van der Waals surface area contributed by atoms with E-state index in [1.807, 2.05) is 12.1 Å². The highest BCUT2D eigenvalue weighted by Gasteiger charge is 2.09. The fourth-order valence-electron chi connectivity index (χ4n) is 1.59. The maximum absolute atomic E-state index is 13.6. The van der Waals surface area contributed by atoms with Gasteiger partial charge in [0.25, 0.3) is 0 Å². The Kier molecular flexibility index (Phi) is 4.27. The molecule has 0 aliphatic rings. The SMILES string of the molecule is Cc1c(F)cc(C#N)cc1NCc1cc(Br)c(Br)o1. The molecule has 98 valence electrons. The summed E-state index contributed by atoms with van der Waals surface area (Å²) in [5, 5.41) is 11.9. The predicted octanol–water partition coefficient (Wildman–Crippen LogP) is 4.74. The largest absolute Gasteiger partial charge is 0.451 e. The highest BCUT2D eigenvalue weighted by Crippen LogP contribution is 2.28. The molecule has 0 aliphatic carbocycles. The van der Waals surface area contributed by atoms with Crippen LogP contribution in [0.1, 0.15) is 16.9 Å². The Balaban J connectivity index is 2.20. The Bertz CT molecular complexity index is 642. The van der Waals surface area contributed by atoms with Crippen molar-refractivity contribution in [3.8, 4) is 6.07 Å². The maximum Gasteiger partial charge on any atom is 0.183 e. The second kappa shape index (κ2) is 5.76. The van der Waals surface area contributed by atoms with Crippen LogP contribution in [-0.4, -0.2) is 0 Å². The Morgan fingerprint density at radius 1 is 1.37 bits per heavy atom. The smallest absolute Gasteiger partial charge is 0.183 e. The molecule has 0 bridgehead atoms. The Morgan fingerprint density at radius 2 is 2.11 bits per heavy atom. The van der Waals surface area contributed by atoms with E-state index in [0.29, 0.717) is 28.2 Å². The molecule has 0 saturated carbocycles. The summed E-state index contributed by atoms with van der Waals surface area (Å²) >= 11 is 6.57. The molecular formula is C13H9Br2FN2O. The molecule has 0 saturated heterocycles. The lowest BCUT2D eigenvalue weighted by Crippen LogP contribution is -2.02. The van der Waals surface area contributed by atoms with Crippen LogP contribution in [0.25, 0.3) is 0 Å². The minimum absolute atomic E-state index is 0.285. The van der Waals surface area contributed by atoms with Crippen LogP contribution in [0.5, 0.6) is 0 Å². The number of nitriles is 1. The average molecular weight is 388 g/mol. The normalized spacial score (nSPS) is 10.3. The zero-order chi connectivity index (χ0) is 14.0. The Morgan fingerprint density at radius 3 is 2.68 bits per heavy atom. The van der Waals surface area contributed by atoms with E-state index in [4.69, 9.17) is 9.68 Å². The molecule has 1 aromatic heterocycles. The molecule has 6 heteroatoms. The lowest BCUT2D eigenvalue weighted by atomic mass is 10.1. The Labute approximate surface area is 126 Å². The summed E-state index contributed by atoms with van der Waals surface area (Å²) in [5.74, 6) is 0.296. The van der Waals surface area contributed by atoms with Crippen molar-refractivity contribution in [3.05, 3.63) is 50.0 Å². The number of furan rings is 1. The summed E-state index contributed by atoms with van der Waals surface area (Å²) in [6.07, 6.45) is 0. The second-order valence-corrected chi connectivity index (χ2v) is 5.50. The molecule has 1 heterocycles. The van der Waals surface area contributed by atoms with Gasteiger partial charge in [-0.15, -0.1) is 0 Å². The van der Waals surface area contributed by atoms with E-state index in [9.17, 15) is 4.39 Å². The minimum Gasteiger partial charge on any atom is -0.451 e. The lowest BCUT2D eigenvalue weighted by molar-refractivity contribution is 0.494. The van der Waals surface area contributed by atoms with Gasteiger partial charge in [-0.2, -0.15) is 5.26 Å². The van der Waals surface area contributed by atoms with Crippen LogP contribution in [0.15, 0.2) is 31.8 Å². The number of hydrogen-bond acceptors (Lipinski definition) is 3. The lowest BCUT2D eigenvalue weighted by Gasteiger charge is -2.09. The standard InChI is InChI=1S/C13H9Br2FN2O/c1-7-11(16)2-8(5-17)3-12(7)18-6-9-4-10(14)13(15)19-9/h2-4,18H,6H2,1H3. The van der Waals surface area contributed by atoms with Gasteiger partial charge in [-0.05, 0) is 57.0 Å². The first kappa shape index (κ1) is 14.1. The van der Waals surface area contributed by atoms with E-state index in [2.05, 4.69) is 37.2 Å². The van der Waals surface area contributed by atoms with Gasteiger partial charge in [0.15, 0.2) is 4.67 Å². The second-order valence-electron chi connectivity index (χ2n) is 3.93. The van der Waals surface area contributed by atoms with Gasteiger partial charge in [-0.25, -0.2) is 4.39 Å². The fourth-order valence-corrected chi connectivity index (χ4v) is 2.25. The molecule has 0 atom stereocenters. The van der Waals surface area contributed by atoms with Crippen LogP contribution in [-0.2, 0) is 6.54 Å². The number of anilines is 1. The molecule has 0 unspecified atom stereocenters. The summed E-state index contributed by atoms with van der Waals surface area (Å²) in [6, 6.07) is 6.58. The van der Waals surface area contributed by atoms with E-state index in [1.54, 1.807) is 13.0 Å². The number of nitrogens with zero attached hydrogens (tertiary/aromatic N) is 1. The van der Waals surface area contributed by atoms with Crippen LogP contribution in [0.2, 0.25) is 0 Å². The Hall–Kier alpha value is -1.32. The van der Waals surface area contributed by atoms with E-state index in [0.717, 1.165) is 4.47 Å². The highest BCUT2D eigenvalue weighted by molar-refractivity contribution is 9.13. The zero-order valence-corrected chi connectivity index (χ0v) is 13.1. The molecule has 2 aromatic rings. The molecule has 0 fully saturated rings. The number of hydrogen-bond donors (Lipinski definition) is 1. The van der Waals surface area contributed by atoms with Crippen LogP contribution in [0.3, 0.4) is 0 Å². The molecule has 0 aliphatic heterocycles. The van der Waals surface area contributed by atoms with E-state index in [-0.39, 0.29) is 5.56 Å². The monoisotopic (exact) mass is 386 g/mol. The van der Waals surface area contributed by atoms with Crippen molar-refractivity contribution in [1.29, 1.82) is 5.26 Å². The van der Waals surface area contributed by atoms with Crippen LogP contribution >= 0.6 is 31.9 Å². The van der Waals surface area contributed by atoms with Crippen molar-refractivity contribution in [3.63, 3.8) is 0 Å². The summed E-state index contributed by atoms with van der Waals surface area (Å²) < 4.78 is 20.4. The van der Waals surface area contributed by atoms with Crippen molar-refractivity contribution in [1.82, 2.24) is 0 Å². The van der Waals surface area contributed by atoms with Gasteiger partial charge >= 0.3 is 0 Å². The summed E-state index contributed by atoms with van der Waals surface area (Å²) in [6.45, 7) is 2.06. The van der Waals surface area contributed by atoms with Gasteiger partial charge in [-0.3, -0.25) is 0 Å². The van der Waals surface area contributed by atoms with Crippen molar-refractivity contribution >= 4 is 37.5 Å². The highest BCUT2D eigenvalue weighted by atomic mass is 79.9. The first-order valence-corrected chi connectivity index (χ1v) is 6.97. The number of nitrogens with one attached hydrogen (secondary N) is 1. The zero-order valence-electron chi connectivity index (χ0n) is 9.93.